The van der Waals surface area contributed by atoms with Gasteiger partial charge < -0.3 is 19.4 Å². The molecule has 1 unspecified atom stereocenters. The molecule has 0 spiro atoms. The molecule has 0 radical (unpaired) electrons. The van der Waals surface area contributed by atoms with Crippen molar-refractivity contribution in [2.24, 2.45) is 0 Å². The number of nitriles is 1. The molecule has 1 saturated carbocycles. The number of carbonyl (C=O) groups excluding carboxylic acids is 2. The van der Waals surface area contributed by atoms with E-state index in [1.165, 1.54) is 6.08 Å². The maximum Gasteiger partial charge on any atom is 0.246 e. The number of pyridine rings is 1. The summed E-state index contributed by atoms with van der Waals surface area (Å²) in [6, 6.07) is 2.44. The summed E-state index contributed by atoms with van der Waals surface area (Å²) < 4.78 is 5.07. The summed E-state index contributed by atoms with van der Waals surface area (Å²) in [4.78, 5) is 35.8. The molecule has 0 N–H and O–H groups in total. The third kappa shape index (κ3) is 5.10. The summed E-state index contributed by atoms with van der Waals surface area (Å²) in [6.45, 7) is 11.2. The van der Waals surface area contributed by atoms with E-state index in [9.17, 15) is 14.9 Å². The number of anilines is 1. The van der Waals surface area contributed by atoms with Gasteiger partial charge in [-0.1, -0.05) is 12.7 Å². The Kier molecular flexibility index (Phi) is 7.56. The van der Waals surface area contributed by atoms with Gasteiger partial charge in [-0.3, -0.25) is 9.59 Å². The molecule has 8 nitrogen and oxygen atoms in total. The molecule has 0 bridgehead atoms. The van der Waals surface area contributed by atoms with Crippen molar-refractivity contribution >= 4 is 23.2 Å². The van der Waals surface area contributed by atoms with Crippen molar-refractivity contribution in [2.75, 3.05) is 51.3 Å². The number of amides is 2. The molecule has 1 saturated heterocycles. The van der Waals surface area contributed by atoms with E-state index in [2.05, 4.69) is 23.6 Å². The highest BCUT2D eigenvalue weighted by atomic mass is 16.5. The Bertz CT molecular complexity index is 1090. The molecule has 1 aromatic rings. The molecule has 2 amide bonds. The molecule has 0 aromatic carbocycles. The van der Waals surface area contributed by atoms with Crippen LogP contribution in [0.5, 0.6) is 0 Å². The molecule has 2 fully saturated rings. The monoisotopic (exact) mass is 477 g/mol. The standard InChI is InChI=1S/C27H35N5O3/c1-5-23(33)30-11-6-7-21(17-30)25-19(3)22(15-28)27(29-26(25)20-8-9-20)31-12-13-32(18(2)16-31)24(34)10-14-35-4/h5,7,18,20H,1,6,8-14,16-17H2,2-4H3. The summed E-state index contributed by atoms with van der Waals surface area (Å²) in [5, 5.41) is 10.2. The van der Waals surface area contributed by atoms with E-state index in [0.29, 0.717) is 57.2 Å². The Hall–Kier alpha value is -3.18. The van der Waals surface area contributed by atoms with Crippen molar-refractivity contribution in [3.8, 4) is 6.07 Å². The molecule has 4 rings (SSSR count). The molecular formula is C27H35N5O3. The first-order chi connectivity index (χ1) is 16.9. The number of hydrogen-bond donors (Lipinski definition) is 0. The van der Waals surface area contributed by atoms with E-state index < -0.39 is 0 Å². The van der Waals surface area contributed by atoms with Crippen molar-refractivity contribution in [2.45, 2.75) is 51.5 Å². The summed E-state index contributed by atoms with van der Waals surface area (Å²) >= 11 is 0. The van der Waals surface area contributed by atoms with Crippen LogP contribution in [0, 0.1) is 18.3 Å². The Labute approximate surface area is 207 Å². The summed E-state index contributed by atoms with van der Waals surface area (Å²) in [7, 11) is 1.60. The molecule has 3 heterocycles. The Morgan fingerprint density at radius 3 is 2.71 bits per heavy atom. The first kappa shape index (κ1) is 24.9. The first-order valence-corrected chi connectivity index (χ1v) is 12.5. The Morgan fingerprint density at radius 1 is 1.31 bits per heavy atom. The average molecular weight is 478 g/mol. The minimum absolute atomic E-state index is 0.0188. The fraction of sp³-hybridized carbons (Fsp3) is 0.556. The smallest absolute Gasteiger partial charge is 0.246 e. The fourth-order valence-electron chi connectivity index (χ4n) is 5.23. The number of hydrogen-bond acceptors (Lipinski definition) is 6. The molecule has 1 atom stereocenters. The predicted octanol–water partition coefficient (Wildman–Crippen LogP) is 3.01. The highest BCUT2D eigenvalue weighted by Gasteiger charge is 2.35. The lowest BCUT2D eigenvalue weighted by Gasteiger charge is -2.41. The van der Waals surface area contributed by atoms with Gasteiger partial charge in [-0.25, -0.2) is 4.98 Å². The van der Waals surface area contributed by atoms with Crippen LogP contribution in [0.1, 0.15) is 60.9 Å². The van der Waals surface area contributed by atoms with Crippen molar-refractivity contribution in [3.05, 3.63) is 41.1 Å². The van der Waals surface area contributed by atoms with Crippen molar-refractivity contribution in [1.29, 1.82) is 5.26 Å². The minimum Gasteiger partial charge on any atom is -0.384 e. The molecule has 3 aliphatic rings. The van der Waals surface area contributed by atoms with Crippen LogP contribution in [0.2, 0.25) is 0 Å². The normalized spacial score (nSPS) is 20.3. The zero-order chi connectivity index (χ0) is 25.1. The maximum absolute atomic E-state index is 12.6. The zero-order valence-corrected chi connectivity index (χ0v) is 21.0. The molecule has 2 aliphatic heterocycles. The largest absolute Gasteiger partial charge is 0.384 e. The van der Waals surface area contributed by atoms with Crippen LogP contribution in [0.3, 0.4) is 0 Å². The number of aromatic nitrogens is 1. The SMILES string of the molecule is C=CC(=O)N1CCC=C(c2c(C3CC3)nc(N3CCN(C(=O)CCOC)C(C)C3)c(C#N)c2C)C1. The van der Waals surface area contributed by atoms with E-state index in [-0.39, 0.29) is 17.9 Å². The Balaban J connectivity index is 1.65. The van der Waals surface area contributed by atoms with Crippen molar-refractivity contribution < 1.29 is 14.3 Å². The zero-order valence-electron chi connectivity index (χ0n) is 21.0. The molecule has 186 valence electrons. The second kappa shape index (κ2) is 10.6. The van der Waals surface area contributed by atoms with Crippen LogP contribution < -0.4 is 4.90 Å². The second-order valence-corrected chi connectivity index (χ2v) is 9.69. The van der Waals surface area contributed by atoms with Gasteiger partial charge >= 0.3 is 0 Å². The fourth-order valence-corrected chi connectivity index (χ4v) is 5.23. The Morgan fingerprint density at radius 2 is 2.09 bits per heavy atom. The van der Waals surface area contributed by atoms with Gasteiger partial charge in [-0.05, 0) is 50.3 Å². The lowest BCUT2D eigenvalue weighted by Crippen LogP contribution is -2.54. The van der Waals surface area contributed by atoms with Crippen LogP contribution in [0.4, 0.5) is 5.82 Å². The van der Waals surface area contributed by atoms with E-state index in [1.807, 2.05) is 18.7 Å². The lowest BCUT2D eigenvalue weighted by molar-refractivity contribution is -0.134. The third-order valence-electron chi connectivity index (χ3n) is 7.26. The van der Waals surface area contributed by atoms with Crippen LogP contribution >= 0.6 is 0 Å². The third-order valence-corrected chi connectivity index (χ3v) is 7.26. The molecule has 8 heteroatoms. The topological polar surface area (TPSA) is 89.8 Å². The first-order valence-electron chi connectivity index (χ1n) is 12.5. The van der Waals surface area contributed by atoms with Gasteiger partial charge in [-0.15, -0.1) is 0 Å². The van der Waals surface area contributed by atoms with E-state index >= 15 is 0 Å². The molecular weight excluding hydrogens is 442 g/mol. The molecule has 35 heavy (non-hydrogen) atoms. The molecule has 1 aromatic heterocycles. The maximum atomic E-state index is 12.6. The van der Waals surface area contributed by atoms with Crippen molar-refractivity contribution in [1.82, 2.24) is 14.8 Å². The highest BCUT2D eigenvalue weighted by molar-refractivity contribution is 5.89. The van der Waals surface area contributed by atoms with Gasteiger partial charge in [-0.2, -0.15) is 5.26 Å². The van der Waals surface area contributed by atoms with Gasteiger partial charge in [0.1, 0.15) is 11.9 Å². The van der Waals surface area contributed by atoms with E-state index in [0.717, 1.165) is 47.5 Å². The van der Waals surface area contributed by atoms with Crippen LogP contribution in [-0.4, -0.2) is 79.1 Å². The average Bonchev–Trinajstić information content (AvgIpc) is 3.71. The van der Waals surface area contributed by atoms with Gasteiger partial charge in [0.2, 0.25) is 11.8 Å². The number of rotatable bonds is 7. The predicted molar refractivity (Wildman–Crippen MR) is 135 cm³/mol. The number of ether oxygens (including phenoxy) is 1. The van der Waals surface area contributed by atoms with Crippen LogP contribution in [-0.2, 0) is 14.3 Å². The van der Waals surface area contributed by atoms with Crippen molar-refractivity contribution in [3.63, 3.8) is 0 Å². The summed E-state index contributed by atoms with van der Waals surface area (Å²) in [6.07, 6.45) is 6.88. The lowest BCUT2D eigenvalue weighted by atomic mass is 9.91. The van der Waals surface area contributed by atoms with Crippen LogP contribution in [0.25, 0.3) is 5.57 Å². The van der Waals surface area contributed by atoms with Crippen LogP contribution in [0.15, 0.2) is 18.7 Å². The summed E-state index contributed by atoms with van der Waals surface area (Å²) in [5.74, 6) is 1.14. The highest BCUT2D eigenvalue weighted by Crippen LogP contribution is 2.45. The second-order valence-electron chi connectivity index (χ2n) is 9.69. The van der Waals surface area contributed by atoms with E-state index in [1.54, 1.807) is 12.0 Å². The van der Waals surface area contributed by atoms with Gasteiger partial charge in [0.15, 0.2) is 0 Å². The number of nitrogens with zero attached hydrogens (tertiary/aromatic N) is 5. The number of carbonyl (C=O) groups is 2. The summed E-state index contributed by atoms with van der Waals surface area (Å²) in [5.41, 5.74) is 4.68. The molecule has 1 aliphatic carbocycles. The quantitative estimate of drug-likeness (QED) is 0.561. The number of methoxy groups -OCH3 is 1. The van der Waals surface area contributed by atoms with Gasteiger partial charge in [0.25, 0.3) is 0 Å². The van der Waals surface area contributed by atoms with E-state index in [4.69, 9.17) is 9.72 Å². The minimum atomic E-state index is -0.0711. The van der Waals surface area contributed by atoms with Gasteiger partial charge in [0, 0.05) is 57.4 Å². The van der Waals surface area contributed by atoms with Gasteiger partial charge in [0.05, 0.1) is 24.3 Å². The number of piperazine rings is 1.